The molecule has 0 bridgehead atoms. The first-order valence-electron chi connectivity index (χ1n) is 32.3. The van der Waals surface area contributed by atoms with Crippen LogP contribution < -0.4 is 5.32 Å². The van der Waals surface area contributed by atoms with E-state index in [1.807, 2.05) is 6.08 Å². The number of aliphatic hydroxyl groups excluding tert-OH is 8. The van der Waals surface area contributed by atoms with Gasteiger partial charge in [-0.15, -0.1) is 0 Å². The van der Waals surface area contributed by atoms with Crippen LogP contribution in [0.15, 0.2) is 122 Å². The molecule has 9 N–H and O–H groups in total. The van der Waals surface area contributed by atoms with Gasteiger partial charge in [0.2, 0.25) is 5.91 Å². The Balaban J connectivity index is 1.73. The van der Waals surface area contributed by atoms with Gasteiger partial charge < -0.3 is 65.1 Å². The van der Waals surface area contributed by atoms with Crippen LogP contribution in [0.1, 0.15) is 213 Å². The van der Waals surface area contributed by atoms with E-state index >= 15 is 0 Å². The minimum absolute atomic E-state index is 0.255. The van der Waals surface area contributed by atoms with Gasteiger partial charge >= 0.3 is 0 Å². The lowest BCUT2D eigenvalue weighted by Crippen LogP contribution is -2.65. The summed E-state index contributed by atoms with van der Waals surface area (Å²) in [5.74, 6) is -0.265. The van der Waals surface area contributed by atoms with Crippen molar-refractivity contribution in [1.82, 2.24) is 5.32 Å². The topological polar surface area (TPSA) is 228 Å². The Morgan fingerprint density at radius 3 is 1.33 bits per heavy atom. The number of nitrogens with one attached hydrogen (secondary N) is 1. The van der Waals surface area contributed by atoms with E-state index in [2.05, 4.69) is 129 Å². The van der Waals surface area contributed by atoms with Gasteiger partial charge in [0.1, 0.15) is 48.8 Å². The number of amides is 1. The molecule has 0 aliphatic carbocycles. The lowest BCUT2D eigenvalue weighted by molar-refractivity contribution is -0.359. The van der Waals surface area contributed by atoms with Gasteiger partial charge in [0, 0.05) is 6.42 Å². The molecule has 2 aliphatic heterocycles. The molecule has 0 radical (unpaired) electrons. The van der Waals surface area contributed by atoms with Gasteiger partial charge in [0.05, 0.1) is 32.0 Å². The summed E-state index contributed by atoms with van der Waals surface area (Å²) in [4.78, 5) is 13.3. The van der Waals surface area contributed by atoms with Crippen LogP contribution in [0.25, 0.3) is 0 Å². The molecule has 1 amide bonds. The maximum Gasteiger partial charge on any atom is 0.220 e. The third-order valence-electron chi connectivity index (χ3n) is 14.9. The highest BCUT2D eigenvalue weighted by molar-refractivity contribution is 5.76. The van der Waals surface area contributed by atoms with E-state index in [-0.39, 0.29) is 18.9 Å². The Morgan fingerprint density at radius 1 is 0.446 bits per heavy atom. The van der Waals surface area contributed by atoms with Crippen molar-refractivity contribution in [3.05, 3.63) is 122 Å². The van der Waals surface area contributed by atoms with Crippen molar-refractivity contribution in [2.45, 2.75) is 286 Å². The molecule has 0 aromatic rings. The maximum absolute atomic E-state index is 13.3. The number of carbonyl (C=O) groups excluding carboxylic acids is 1. The quantitative estimate of drug-likeness (QED) is 0.0204. The SMILES string of the molecule is CC/C=C\C/C=C\C/C=C\C/C=C\C/C=C\C/C=C\C/C=C\CCCCCCCCCCCC(=O)NC(COC1OC(CO)C(OC2OC(CO)C(O)C(O)C2O)C(O)C1O)C(O)/C=C/CC/C=C/CC/C=C/CCCCCCCCCC. The van der Waals surface area contributed by atoms with Crippen LogP contribution in [-0.2, 0) is 23.7 Å². The van der Waals surface area contributed by atoms with Crippen molar-refractivity contribution in [3.63, 3.8) is 0 Å². The fraction of sp³-hybridized carbons (Fsp3) is 0.696. The van der Waals surface area contributed by atoms with Crippen molar-refractivity contribution in [1.29, 1.82) is 0 Å². The summed E-state index contributed by atoms with van der Waals surface area (Å²) in [5.41, 5.74) is 0. The zero-order valence-electron chi connectivity index (χ0n) is 51.1. The summed E-state index contributed by atoms with van der Waals surface area (Å²) in [6.45, 7) is 2.64. The summed E-state index contributed by atoms with van der Waals surface area (Å²) in [7, 11) is 0. The first kappa shape index (κ1) is 75.5. The first-order chi connectivity index (χ1) is 40.6. The van der Waals surface area contributed by atoms with Gasteiger partial charge in [-0.1, -0.05) is 225 Å². The van der Waals surface area contributed by atoms with E-state index in [4.69, 9.17) is 18.9 Å². The fourth-order valence-corrected chi connectivity index (χ4v) is 9.71. The van der Waals surface area contributed by atoms with Crippen LogP contribution in [0.5, 0.6) is 0 Å². The predicted molar refractivity (Wildman–Crippen MR) is 336 cm³/mol. The molecular weight excluding hydrogens is 1050 g/mol. The van der Waals surface area contributed by atoms with Gasteiger partial charge in [-0.3, -0.25) is 4.79 Å². The Kier molecular flexibility index (Phi) is 47.9. The standard InChI is InChI=1S/C69H115NO13/c1-3-5-7-9-11-13-15-17-19-21-23-24-25-26-27-28-29-30-31-32-33-34-35-37-39-41-43-45-47-49-51-53-61(74)70-57(58(73)52-50-48-46-44-42-40-38-36-22-20-18-16-14-12-10-8-6-4-2)56-80-68-66(79)64(77)67(60(55-72)82-68)83-69-65(78)63(76)62(75)59(54-71)81-69/h5,7,11,13,17,19,22-24,26-27,29-30,32-33,36,42,44,50,52,57-60,62-69,71-73,75-79H,3-4,6,8-10,12,14-16,18,20-21,25,28,31,34-35,37-41,43,45-49,51,53-56H2,1-2H3,(H,70,74)/b7-5-,13-11-,19-17-,24-23-,27-26-,30-29-,33-32-,36-22+,44-42+,52-50+. The summed E-state index contributed by atoms with van der Waals surface area (Å²) in [6.07, 6.45) is 59.5. The first-order valence-corrected chi connectivity index (χ1v) is 32.3. The normalized spacial score (nSPS) is 24.7. The highest BCUT2D eigenvalue weighted by Crippen LogP contribution is 2.30. The summed E-state index contributed by atoms with van der Waals surface area (Å²) in [5, 5.41) is 87.2. The van der Waals surface area contributed by atoms with Gasteiger partial charge in [0.15, 0.2) is 12.6 Å². The van der Waals surface area contributed by atoms with Gasteiger partial charge in [-0.05, 0) is 103 Å². The summed E-state index contributed by atoms with van der Waals surface area (Å²) < 4.78 is 22.8. The van der Waals surface area contributed by atoms with Crippen LogP contribution in [0.2, 0.25) is 0 Å². The molecule has 0 spiro atoms. The number of aliphatic hydroxyl groups is 8. The third kappa shape index (κ3) is 37.5. The second-order valence-electron chi connectivity index (χ2n) is 22.1. The van der Waals surface area contributed by atoms with E-state index in [1.165, 1.54) is 77.0 Å². The Hall–Kier alpha value is -3.61. The number of hydrogen-bond acceptors (Lipinski definition) is 13. The smallest absolute Gasteiger partial charge is 0.220 e. The molecule has 2 aliphatic rings. The zero-order chi connectivity index (χ0) is 60.2. The number of unbranched alkanes of at least 4 members (excludes halogenated alkanes) is 19. The highest BCUT2D eigenvalue weighted by Gasteiger charge is 2.51. The molecule has 474 valence electrons. The second kappa shape index (κ2) is 52.7. The van der Waals surface area contributed by atoms with Crippen LogP contribution in [0.4, 0.5) is 0 Å². The molecule has 2 saturated heterocycles. The molecule has 2 rings (SSSR count). The van der Waals surface area contributed by atoms with Crippen molar-refractivity contribution < 1.29 is 64.6 Å². The molecule has 12 atom stereocenters. The Labute approximate surface area is 501 Å². The summed E-state index contributed by atoms with van der Waals surface area (Å²) >= 11 is 0. The monoisotopic (exact) mass is 1170 g/mol. The second-order valence-corrected chi connectivity index (χ2v) is 22.1. The van der Waals surface area contributed by atoms with Gasteiger partial charge in [-0.25, -0.2) is 0 Å². The predicted octanol–water partition coefficient (Wildman–Crippen LogP) is 12.2. The Bertz CT molecular complexity index is 1850. The average Bonchev–Trinajstić information content (AvgIpc) is 3.64. The number of rotatable bonds is 50. The molecular formula is C69H115NO13. The van der Waals surface area contributed by atoms with Crippen LogP contribution in [0, 0.1) is 0 Å². The molecule has 2 fully saturated rings. The van der Waals surface area contributed by atoms with E-state index in [1.54, 1.807) is 6.08 Å². The molecule has 0 aromatic heterocycles. The van der Waals surface area contributed by atoms with Gasteiger partial charge in [-0.2, -0.15) is 0 Å². The number of allylic oxidation sites excluding steroid dienone is 19. The summed E-state index contributed by atoms with van der Waals surface area (Å²) in [6, 6.07) is -0.950. The molecule has 83 heavy (non-hydrogen) atoms. The highest BCUT2D eigenvalue weighted by atomic mass is 16.7. The third-order valence-corrected chi connectivity index (χ3v) is 14.9. The number of carbonyl (C=O) groups is 1. The van der Waals surface area contributed by atoms with Crippen molar-refractivity contribution in [2.24, 2.45) is 0 Å². The zero-order valence-corrected chi connectivity index (χ0v) is 51.1. The average molecular weight is 1170 g/mol. The largest absolute Gasteiger partial charge is 0.394 e. The lowest BCUT2D eigenvalue weighted by atomic mass is 9.97. The maximum atomic E-state index is 13.3. The van der Waals surface area contributed by atoms with E-state index in [0.29, 0.717) is 12.8 Å². The minimum atomic E-state index is -1.80. The number of hydrogen-bond donors (Lipinski definition) is 9. The van der Waals surface area contributed by atoms with Crippen LogP contribution >= 0.6 is 0 Å². The van der Waals surface area contributed by atoms with Crippen molar-refractivity contribution >= 4 is 5.91 Å². The fourth-order valence-electron chi connectivity index (χ4n) is 9.71. The molecule has 14 nitrogen and oxygen atoms in total. The Morgan fingerprint density at radius 2 is 0.843 bits per heavy atom. The molecule has 12 unspecified atom stereocenters. The molecule has 14 heteroatoms. The molecule has 0 aromatic carbocycles. The van der Waals surface area contributed by atoms with Crippen LogP contribution in [0.3, 0.4) is 0 Å². The van der Waals surface area contributed by atoms with E-state index < -0.39 is 86.8 Å². The van der Waals surface area contributed by atoms with Crippen molar-refractivity contribution in [2.75, 3.05) is 19.8 Å². The minimum Gasteiger partial charge on any atom is -0.394 e. The van der Waals surface area contributed by atoms with Gasteiger partial charge in [0.25, 0.3) is 0 Å². The van der Waals surface area contributed by atoms with Crippen LogP contribution in [-0.4, -0.2) is 140 Å². The van der Waals surface area contributed by atoms with E-state index in [9.17, 15) is 45.6 Å². The molecule has 0 saturated carbocycles. The van der Waals surface area contributed by atoms with E-state index in [0.717, 1.165) is 103 Å². The lowest BCUT2D eigenvalue weighted by Gasteiger charge is -2.46. The molecule has 2 heterocycles. The number of ether oxygens (including phenoxy) is 4. The van der Waals surface area contributed by atoms with Crippen molar-refractivity contribution in [3.8, 4) is 0 Å².